The van der Waals surface area contributed by atoms with Crippen molar-refractivity contribution in [3.63, 3.8) is 0 Å². The van der Waals surface area contributed by atoms with Crippen molar-refractivity contribution in [3.8, 4) is 0 Å². The number of nitrogens with zero attached hydrogens (tertiary/aromatic N) is 1. The quantitative estimate of drug-likeness (QED) is 0.848. The molecule has 0 saturated carbocycles. The monoisotopic (exact) mass is 368 g/mol. The molecule has 19 heavy (non-hydrogen) atoms. The largest absolute Gasteiger partial charge is 0.321 e. The number of carbonyl (C=O) groups is 1. The fourth-order valence-electron chi connectivity index (χ4n) is 1.66. The van der Waals surface area contributed by atoms with Gasteiger partial charge in [-0.25, -0.2) is 0 Å². The van der Waals surface area contributed by atoms with Gasteiger partial charge >= 0.3 is 0 Å². The number of hydrogen-bond acceptors (Lipinski definition) is 2. The molecule has 1 N–H and O–H groups in total. The lowest BCUT2D eigenvalue weighted by atomic mass is 10.2. The normalized spacial score (nSPS) is 10.2. The fraction of sp³-hybridized carbons (Fsp3) is 0.143. The molecule has 1 aromatic carbocycles. The van der Waals surface area contributed by atoms with Crippen molar-refractivity contribution in [1.82, 2.24) is 4.57 Å². The molecule has 0 aliphatic carbocycles. The zero-order chi connectivity index (χ0) is 13.8. The molecule has 0 unspecified atom stereocenters. The topological polar surface area (TPSA) is 51.1 Å². The summed E-state index contributed by atoms with van der Waals surface area (Å²) in [6, 6.07) is 10.4. The smallest absolute Gasteiger partial charge is 0.255 e. The van der Waals surface area contributed by atoms with E-state index >= 15 is 0 Å². The average Bonchev–Trinajstić information content (AvgIpc) is 2.41. The van der Waals surface area contributed by atoms with E-state index in [4.69, 9.17) is 0 Å². The van der Waals surface area contributed by atoms with Crippen LogP contribution in [-0.4, -0.2) is 10.5 Å². The summed E-state index contributed by atoms with van der Waals surface area (Å²) in [6.45, 7) is 2.46. The molecule has 98 valence electrons. The van der Waals surface area contributed by atoms with E-state index in [2.05, 4.69) is 27.9 Å². The Morgan fingerprint density at radius 1 is 1.21 bits per heavy atom. The fourth-order valence-corrected chi connectivity index (χ4v) is 2.02. The third kappa shape index (κ3) is 3.44. The summed E-state index contributed by atoms with van der Waals surface area (Å²) in [5, 5.41) is 2.78. The number of aryl methyl sites for hydroxylation is 1. The van der Waals surface area contributed by atoms with Crippen LogP contribution in [0.2, 0.25) is 0 Å². The summed E-state index contributed by atoms with van der Waals surface area (Å²) in [4.78, 5) is 23.5. The molecule has 0 atom stereocenters. The van der Waals surface area contributed by atoms with Crippen molar-refractivity contribution in [3.05, 3.63) is 62.1 Å². The zero-order valence-corrected chi connectivity index (χ0v) is 12.5. The molecule has 5 heteroatoms. The van der Waals surface area contributed by atoms with Crippen molar-refractivity contribution < 1.29 is 4.79 Å². The van der Waals surface area contributed by atoms with Gasteiger partial charge in [-0.1, -0.05) is 0 Å². The number of nitrogens with one attached hydrogen (secondary N) is 1. The number of hydrogen-bond donors (Lipinski definition) is 1. The summed E-state index contributed by atoms with van der Waals surface area (Å²) in [7, 11) is 0. The first-order valence-corrected chi connectivity index (χ1v) is 6.95. The molecule has 0 bridgehead atoms. The van der Waals surface area contributed by atoms with Gasteiger partial charge in [0.2, 0.25) is 0 Å². The Labute approximate surface area is 124 Å². The van der Waals surface area contributed by atoms with E-state index < -0.39 is 0 Å². The van der Waals surface area contributed by atoms with Crippen LogP contribution in [0, 0.1) is 3.57 Å². The Morgan fingerprint density at radius 2 is 1.89 bits per heavy atom. The molecule has 4 nitrogen and oxygen atoms in total. The SMILES string of the molecule is CCn1cc(NC(=O)c2ccc(I)cc2)ccc1=O. The highest BCUT2D eigenvalue weighted by molar-refractivity contribution is 14.1. The number of anilines is 1. The second kappa shape index (κ2) is 6.01. The van der Waals surface area contributed by atoms with Crippen molar-refractivity contribution in [2.75, 3.05) is 5.32 Å². The van der Waals surface area contributed by atoms with Crippen molar-refractivity contribution in [1.29, 1.82) is 0 Å². The standard InChI is InChI=1S/C14H13IN2O2/c1-2-17-9-12(7-8-13(17)18)16-14(19)10-3-5-11(15)6-4-10/h3-9H,2H2,1H3,(H,16,19). The lowest BCUT2D eigenvalue weighted by Gasteiger charge is -2.08. The third-order valence-electron chi connectivity index (χ3n) is 2.69. The van der Waals surface area contributed by atoms with Crippen LogP contribution >= 0.6 is 22.6 Å². The molecule has 2 rings (SSSR count). The number of aromatic nitrogens is 1. The van der Waals surface area contributed by atoms with Gasteiger partial charge in [0.05, 0.1) is 5.69 Å². The molecule has 0 aliphatic rings. The van der Waals surface area contributed by atoms with Gasteiger partial charge in [0.1, 0.15) is 0 Å². The van der Waals surface area contributed by atoms with Crippen LogP contribution in [0.5, 0.6) is 0 Å². The highest BCUT2D eigenvalue weighted by atomic mass is 127. The second-order valence-electron chi connectivity index (χ2n) is 4.00. The minimum absolute atomic E-state index is 0.0743. The molecule has 0 aliphatic heterocycles. The number of halogens is 1. The Balaban J connectivity index is 2.19. The van der Waals surface area contributed by atoms with Gasteiger partial charge in [-0.15, -0.1) is 0 Å². The van der Waals surface area contributed by atoms with Gasteiger partial charge in [-0.05, 0) is 59.8 Å². The molecular formula is C14H13IN2O2. The van der Waals surface area contributed by atoms with Gasteiger partial charge in [0.25, 0.3) is 11.5 Å². The molecule has 1 aromatic heterocycles. The average molecular weight is 368 g/mol. The summed E-state index contributed by atoms with van der Waals surface area (Å²) >= 11 is 2.19. The summed E-state index contributed by atoms with van der Waals surface area (Å²) < 4.78 is 2.62. The molecule has 0 fully saturated rings. The summed E-state index contributed by atoms with van der Waals surface area (Å²) in [5.74, 6) is -0.183. The molecule has 0 saturated heterocycles. The van der Waals surface area contributed by atoms with Gasteiger partial charge in [0, 0.05) is 27.9 Å². The number of pyridine rings is 1. The number of amides is 1. The predicted molar refractivity (Wildman–Crippen MR) is 83.5 cm³/mol. The first kappa shape index (κ1) is 13.8. The van der Waals surface area contributed by atoms with Crippen LogP contribution in [0.15, 0.2) is 47.4 Å². The summed E-state index contributed by atoms with van der Waals surface area (Å²) in [5.41, 5.74) is 1.13. The number of carbonyl (C=O) groups excluding carboxylic acids is 1. The first-order valence-electron chi connectivity index (χ1n) is 5.87. The highest BCUT2D eigenvalue weighted by Crippen LogP contribution is 2.10. The van der Waals surface area contributed by atoms with Crippen molar-refractivity contribution in [2.45, 2.75) is 13.5 Å². The van der Waals surface area contributed by atoms with E-state index in [9.17, 15) is 9.59 Å². The lowest BCUT2D eigenvalue weighted by molar-refractivity contribution is 0.102. The number of rotatable bonds is 3. The maximum Gasteiger partial charge on any atom is 0.255 e. The molecule has 1 heterocycles. The van der Waals surface area contributed by atoms with Gasteiger partial charge in [-0.2, -0.15) is 0 Å². The van der Waals surface area contributed by atoms with Crippen LogP contribution in [0.1, 0.15) is 17.3 Å². The Kier molecular flexibility index (Phi) is 4.36. The number of benzene rings is 1. The van der Waals surface area contributed by atoms with Gasteiger partial charge < -0.3 is 9.88 Å². The zero-order valence-electron chi connectivity index (χ0n) is 10.4. The molecule has 2 aromatic rings. The Hall–Kier alpha value is -1.63. The Bertz CT molecular complexity index is 647. The minimum atomic E-state index is -0.183. The molecule has 0 spiro atoms. The van der Waals surface area contributed by atoms with E-state index in [1.165, 1.54) is 6.07 Å². The van der Waals surface area contributed by atoms with E-state index in [-0.39, 0.29) is 11.5 Å². The van der Waals surface area contributed by atoms with Crippen LogP contribution in [0.25, 0.3) is 0 Å². The molecule has 0 radical (unpaired) electrons. The van der Waals surface area contributed by atoms with Crippen molar-refractivity contribution >= 4 is 34.2 Å². The van der Waals surface area contributed by atoms with E-state index in [1.54, 1.807) is 29.0 Å². The minimum Gasteiger partial charge on any atom is -0.321 e. The molecular weight excluding hydrogens is 355 g/mol. The van der Waals surface area contributed by atoms with Crippen molar-refractivity contribution in [2.24, 2.45) is 0 Å². The van der Waals surface area contributed by atoms with Gasteiger partial charge in [-0.3, -0.25) is 9.59 Å². The van der Waals surface area contributed by atoms with Crippen LogP contribution < -0.4 is 10.9 Å². The molecule has 1 amide bonds. The van der Waals surface area contributed by atoms with Crippen LogP contribution in [0.3, 0.4) is 0 Å². The van der Waals surface area contributed by atoms with Gasteiger partial charge in [0.15, 0.2) is 0 Å². The maximum atomic E-state index is 12.0. The van der Waals surface area contributed by atoms with E-state index in [1.807, 2.05) is 19.1 Å². The van der Waals surface area contributed by atoms with E-state index in [0.717, 1.165) is 3.57 Å². The second-order valence-corrected chi connectivity index (χ2v) is 5.25. The summed E-state index contributed by atoms with van der Waals surface area (Å²) in [6.07, 6.45) is 1.65. The van der Waals surface area contributed by atoms with E-state index in [0.29, 0.717) is 17.8 Å². The lowest BCUT2D eigenvalue weighted by Crippen LogP contribution is -2.19. The first-order chi connectivity index (χ1) is 9.10. The maximum absolute atomic E-state index is 12.0. The Morgan fingerprint density at radius 3 is 2.53 bits per heavy atom. The highest BCUT2D eigenvalue weighted by Gasteiger charge is 2.06. The van der Waals surface area contributed by atoms with Crippen LogP contribution in [0.4, 0.5) is 5.69 Å². The third-order valence-corrected chi connectivity index (χ3v) is 3.41. The predicted octanol–water partition coefficient (Wildman–Crippen LogP) is 2.73. The van der Waals surface area contributed by atoms with Crippen LogP contribution in [-0.2, 0) is 6.54 Å².